The van der Waals surface area contributed by atoms with Crippen LogP contribution < -0.4 is 0 Å². The van der Waals surface area contributed by atoms with Crippen molar-refractivity contribution in [3.8, 4) is 17.2 Å². The average Bonchev–Trinajstić information content (AvgIpc) is 3.46. The maximum absolute atomic E-state index is 11.1. The van der Waals surface area contributed by atoms with Crippen molar-refractivity contribution >= 4 is 10.8 Å². The summed E-state index contributed by atoms with van der Waals surface area (Å²) in [5.41, 5.74) is 7.57. The molecule has 0 heterocycles. The van der Waals surface area contributed by atoms with Crippen LogP contribution in [0.15, 0.2) is 168 Å². The summed E-state index contributed by atoms with van der Waals surface area (Å²) in [5.74, 6) is 0.241. The predicted octanol–water partition coefficient (Wildman–Crippen LogP) is 9.11. The highest BCUT2D eigenvalue weighted by Crippen LogP contribution is 2.61. The van der Waals surface area contributed by atoms with Crippen molar-refractivity contribution in [2.24, 2.45) is 17.8 Å². The molecule has 0 aromatic heterocycles. The molecule has 0 radical (unpaired) electrons. The minimum atomic E-state index is -0.941. The van der Waals surface area contributed by atoms with Crippen LogP contribution in [0.1, 0.15) is 40.2 Å². The summed E-state index contributed by atoms with van der Waals surface area (Å²) in [6.07, 6.45) is 23.4. The quantitative estimate of drug-likeness (QED) is 0.112. The monoisotopic (exact) mass is 700 g/mol. The third-order valence-corrected chi connectivity index (χ3v) is 11.9. The first kappa shape index (κ1) is 32.9. The number of fused-ring (bicyclic) bond motifs is 5. The Balaban J connectivity index is 1.18. The second-order valence-electron chi connectivity index (χ2n) is 15.0. The van der Waals surface area contributed by atoms with Gasteiger partial charge in [-0.05, 0) is 98.6 Å². The van der Waals surface area contributed by atoms with Crippen LogP contribution in [-0.4, -0.2) is 36.7 Å². The molecule has 0 saturated carbocycles. The lowest BCUT2D eigenvalue weighted by atomic mass is 9.60. The van der Waals surface area contributed by atoms with Gasteiger partial charge in [-0.1, -0.05) is 103 Å². The molecule has 6 atom stereocenters. The van der Waals surface area contributed by atoms with Gasteiger partial charge in [-0.15, -0.1) is 0 Å². The number of aliphatic hydroxyl groups is 3. The highest BCUT2D eigenvalue weighted by molar-refractivity contribution is 5.87. The number of aliphatic hydroxyl groups excluding tert-OH is 3. The number of aromatic hydroxyl groups is 3. The molecular weight excluding hydrogens is 661 g/mol. The van der Waals surface area contributed by atoms with Gasteiger partial charge in [0, 0.05) is 36.5 Å². The van der Waals surface area contributed by atoms with Crippen LogP contribution in [0.5, 0.6) is 17.2 Å². The van der Waals surface area contributed by atoms with Gasteiger partial charge in [0.05, 0.1) is 5.41 Å². The lowest BCUT2D eigenvalue weighted by Gasteiger charge is -2.42. The third kappa shape index (κ3) is 5.44. The summed E-state index contributed by atoms with van der Waals surface area (Å²) in [6.45, 7) is 0. The van der Waals surface area contributed by atoms with Gasteiger partial charge in [-0.25, -0.2) is 0 Å². The number of rotatable bonds is 6. The Morgan fingerprint density at radius 2 is 1.53 bits per heavy atom. The summed E-state index contributed by atoms with van der Waals surface area (Å²) in [4.78, 5) is 0. The van der Waals surface area contributed by atoms with Gasteiger partial charge in [0.25, 0.3) is 0 Å². The van der Waals surface area contributed by atoms with E-state index in [0.717, 1.165) is 38.6 Å². The van der Waals surface area contributed by atoms with E-state index in [-0.39, 0.29) is 52.4 Å². The summed E-state index contributed by atoms with van der Waals surface area (Å²) in [6, 6.07) is 23.9. The number of hydrogen-bond donors (Lipinski definition) is 6. The highest BCUT2D eigenvalue weighted by atomic mass is 16.3. The minimum Gasteiger partial charge on any atom is -0.510 e. The van der Waals surface area contributed by atoms with E-state index in [4.69, 9.17) is 0 Å². The summed E-state index contributed by atoms with van der Waals surface area (Å²) in [5, 5.41) is 64.3. The SMILES string of the molecule is OC1=CC2C=CC(C3(c4ccc5cc(O)c(CC6=CC=C(O)C(O)C6)cc5c4)c4ccccc4C4C=CC=CC43)=CC2C=C1Cc1ccc(O)c(O)c1. The molecule has 0 amide bonds. The van der Waals surface area contributed by atoms with E-state index in [2.05, 4.69) is 91.1 Å². The van der Waals surface area contributed by atoms with Crippen LogP contribution in [0, 0.1) is 17.8 Å². The molecule has 6 unspecified atom stereocenters. The van der Waals surface area contributed by atoms with Gasteiger partial charge in [-0.3, -0.25) is 0 Å². The molecule has 4 aromatic rings. The number of hydrogen-bond acceptors (Lipinski definition) is 6. The highest BCUT2D eigenvalue weighted by Gasteiger charge is 2.54. The Labute approximate surface area is 308 Å². The second-order valence-corrected chi connectivity index (χ2v) is 15.0. The molecule has 0 bridgehead atoms. The maximum Gasteiger partial charge on any atom is 0.157 e. The molecule has 9 rings (SSSR count). The first-order valence-electron chi connectivity index (χ1n) is 18.2. The molecule has 0 saturated heterocycles. The molecule has 264 valence electrons. The van der Waals surface area contributed by atoms with Crippen LogP contribution in [0.4, 0.5) is 0 Å². The molecule has 6 nitrogen and oxygen atoms in total. The Morgan fingerprint density at radius 1 is 0.679 bits per heavy atom. The number of phenolic OH excluding ortho intramolecular Hbond substituents is 3. The number of benzene rings is 4. The van der Waals surface area contributed by atoms with Crippen molar-refractivity contribution in [3.05, 3.63) is 196 Å². The third-order valence-electron chi connectivity index (χ3n) is 11.9. The van der Waals surface area contributed by atoms with Crippen molar-refractivity contribution in [2.75, 3.05) is 0 Å². The average molecular weight is 701 g/mol. The molecule has 53 heavy (non-hydrogen) atoms. The fraction of sp³-hybridized carbons (Fsp3) is 0.191. The van der Waals surface area contributed by atoms with Crippen LogP contribution >= 0.6 is 0 Å². The van der Waals surface area contributed by atoms with Crippen molar-refractivity contribution in [3.63, 3.8) is 0 Å². The van der Waals surface area contributed by atoms with Crippen molar-refractivity contribution in [1.82, 2.24) is 0 Å². The van der Waals surface area contributed by atoms with Crippen LogP contribution in [0.2, 0.25) is 0 Å². The molecule has 0 fully saturated rings. The van der Waals surface area contributed by atoms with Gasteiger partial charge in [0.15, 0.2) is 11.5 Å². The van der Waals surface area contributed by atoms with E-state index in [1.54, 1.807) is 6.07 Å². The van der Waals surface area contributed by atoms with E-state index in [0.29, 0.717) is 19.3 Å². The van der Waals surface area contributed by atoms with E-state index < -0.39 is 11.5 Å². The zero-order chi connectivity index (χ0) is 36.4. The van der Waals surface area contributed by atoms with Gasteiger partial charge < -0.3 is 30.6 Å². The molecule has 4 aromatic carbocycles. The fourth-order valence-electron chi connectivity index (χ4n) is 9.30. The molecule has 5 aliphatic carbocycles. The minimum absolute atomic E-state index is 0.0191. The lowest BCUT2D eigenvalue weighted by Crippen LogP contribution is -2.37. The normalized spacial score (nSPS) is 26.9. The van der Waals surface area contributed by atoms with Crippen molar-refractivity contribution in [2.45, 2.75) is 36.7 Å². The Morgan fingerprint density at radius 3 is 2.38 bits per heavy atom. The molecule has 0 aliphatic heterocycles. The number of allylic oxidation sites excluding steroid dienone is 13. The van der Waals surface area contributed by atoms with Gasteiger partial charge in [0.2, 0.25) is 0 Å². The van der Waals surface area contributed by atoms with Gasteiger partial charge in [0.1, 0.15) is 23.4 Å². The molecule has 6 N–H and O–H groups in total. The summed E-state index contributed by atoms with van der Waals surface area (Å²) in [7, 11) is 0. The van der Waals surface area contributed by atoms with Crippen LogP contribution in [0.3, 0.4) is 0 Å². The van der Waals surface area contributed by atoms with Gasteiger partial charge in [-0.2, -0.15) is 0 Å². The lowest BCUT2D eigenvalue weighted by molar-refractivity contribution is 0.150. The smallest absolute Gasteiger partial charge is 0.157 e. The van der Waals surface area contributed by atoms with Crippen LogP contribution in [0.25, 0.3) is 10.8 Å². The maximum atomic E-state index is 11.1. The molecule has 0 spiro atoms. The van der Waals surface area contributed by atoms with Crippen LogP contribution in [-0.2, 0) is 18.3 Å². The number of phenols is 3. The summed E-state index contributed by atoms with van der Waals surface area (Å²) < 4.78 is 0. The Kier molecular flexibility index (Phi) is 7.82. The first-order valence-corrected chi connectivity index (χ1v) is 18.2. The van der Waals surface area contributed by atoms with E-state index in [1.165, 1.54) is 34.9 Å². The van der Waals surface area contributed by atoms with E-state index in [1.807, 2.05) is 24.3 Å². The molecule has 5 aliphatic rings. The zero-order valence-electron chi connectivity index (χ0n) is 29.0. The first-order chi connectivity index (χ1) is 25.7. The Bertz CT molecular complexity index is 2440. The Hall–Kier alpha value is -5.98. The summed E-state index contributed by atoms with van der Waals surface area (Å²) >= 11 is 0. The largest absolute Gasteiger partial charge is 0.510 e. The molecule has 6 heteroatoms. The second kappa shape index (κ2) is 12.6. The van der Waals surface area contributed by atoms with Crippen molar-refractivity contribution < 1.29 is 30.6 Å². The fourth-order valence-corrected chi connectivity index (χ4v) is 9.30. The molecular formula is C47H40O6. The van der Waals surface area contributed by atoms with E-state index in [9.17, 15) is 30.6 Å². The van der Waals surface area contributed by atoms with Gasteiger partial charge >= 0.3 is 0 Å². The topological polar surface area (TPSA) is 121 Å². The van der Waals surface area contributed by atoms with Crippen molar-refractivity contribution in [1.29, 1.82) is 0 Å². The standard InChI is InChI=1S/C47H40O6/c48-41-15-9-27(19-45(41)52)17-33-21-31-23-35(13-11-29(31)25-43(33)50)47(39-7-3-1-5-37(39)38-6-2-4-8-40(38)47)36-14-12-30-26-44(51)34(22-32(30)24-36)18-28-10-16-42(49)46(53)20-28/h1-16,19,21-26,29,31,37,39,46,48-53H,17-18,20H2. The van der Waals surface area contributed by atoms with E-state index >= 15 is 0 Å². The zero-order valence-corrected chi connectivity index (χ0v) is 29.0. The predicted molar refractivity (Wildman–Crippen MR) is 207 cm³/mol.